The number of hydrogen-bond acceptors (Lipinski definition) is 6. The lowest BCUT2D eigenvalue weighted by Gasteiger charge is -2.34. The van der Waals surface area contributed by atoms with E-state index in [1.54, 1.807) is 13.3 Å². The number of nitrogens with zero attached hydrogens (tertiary/aromatic N) is 4. The van der Waals surface area contributed by atoms with Crippen LogP contribution in [-0.2, 0) is 4.79 Å². The van der Waals surface area contributed by atoms with Gasteiger partial charge in [0.15, 0.2) is 0 Å². The molecule has 3 heterocycles. The van der Waals surface area contributed by atoms with E-state index in [0.717, 1.165) is 82.0 Å². The average Bonchev–Trinajstić information content (AvgIpc) is 3.36. The summed E-state index contributed by atoms with van der Waals surface area (Å²) in [5, 5.41) is 3.90. The Morgan fingerprint density at radius 3 is 2.46 bits per heavy atom. The van der Waals surface area contributed by atoms with Crippen LogP contribution >= 0.6 is 0 Å². The summed E-state index contributed by atoms with van der Waals surface area (Å²) in [6, 6.07) is 16.9. The molecule has 2 aromatic carbocycles. The second-order valence-corrected chi connectivity index (χ2v) is 10.5. The number of nitrogens with two attached hydrogens (primary N) is 1. The molecule has 1 saturated heterocycles. The van der Waals surface area contributed by atoms with Crippen molar-refractivity contribution >= 4 is 40.1 Å². The Kier molecular flexibility index (Phi) is 8.03. The van der Waals surface area contributed by atoms with E-state index in [1.165, 1.54) is 11.8 Å². The number of hydrogen-bond donors (Lipinski definition) is 3. The van der Waals surface area contributed by atoms with E-state index in [4.69, 9.17) is 10.7 Å². The number of allylic oxidation sites excluding steroid dienone is 2. The zero-order valence-corrected chi connectivity index (χ0v) is 24.2. The van der Waals surface area contributed by atoms with Crippen LogP contribution < -0.4 is 16.0 Å². The molecular weight excluding hydrogens is 510 g/mol. The predicted octanol–water partition coefficient (Wildman–Crippen LogP) is 5.47. The highest BCUT2D eigenvalue weighted by atomic mass is 16.1. The Hall–Kier alpha value is -4.69. The number of H-pyrrole nitrogens is 1. The molecule has 4 aromatic rings. The van der Waals surface area contributed by atoms with Crippen molar-refractivity contribution in [2.24, 2.45) is 10.7 Å². The molecule has 1 fully saturated rings. The number of benzene rings is 2. The Balaban J connectivity index is 1.67. The maximum Gasteiger partial charge on any atom is 0.247 e. The summed E-state index contributed by atoms with van der Waals surface area (Å²) in [5.74, 6) is -0.250. The molecule has 41 heavy (non-hydrogen) atoms. The molecule has 0 bridgehead atoms. The van der Waals surface area contributed by atoms with Gasteiger partial charge < -0.3 is 25.8 Å². The third kappa shape index (κ3) is 5.78. The van der Waals surface area contributed by atoms with Crippen molar-refractivity contribution in [1.29, 1.82) is 0 Å². The van der Waals surface area contributed by atoms with Gasteiger partial charge in [0, 0.05) is 84.8 Å². The third-order valence-electron chi connectivity index (χ3n) is 7.64. The van der Waals surface area contributed by atoms with E-state index < -0.39 is 0 Å². The number of nitrogens with one attached hydrogen (secondary N) is 2. The minimum Gasteiger partial charge on any atom is -0.402 e. The highest BCUT2D eigenvalue weighted by Gasteiger charge is 2.20. The Labute approximate surface area is 241 Å². The Morgan fingerprint density at radius 1 is 1.10 bits per heavy atom. The number of aryl methyl sites for hydroxylation is 1. The first kappa shape index (κ1) is 27.9. The molecular formula is C33H37N7O. The number of anilines is 2. The maximum absolute atomic E-state index is 12.2. The molecule has 0 aliphatic carbocycles. The van der Waals surface area contributed by atoms with Crippen LogP contribution in [0.3, 0.4) is 0 Å². The lowest BCUT2D eigenvalue weighted by atomic mass is 9.96. The molecule has 0 atom stereocenters. The van der Waals surface area contributed by atoms with Gasteiger partial charge in [-0.25, -0.2) is 4.98 Å². The summed E-state index contributed by atoms with van der Waals surface area (Å²) >= 11 is 0. The number of aliphatic imine (C=N–C) groups is 1. The van der Waals surface area contributed by atoms with Gasteiger partial charge in [0.2, 0.25) is 5.91 Å². The van der Waals surface area contributed by atoms with Gasteiger partial charge in [0.25, 0.3) is 0 Å². The normalized spacial score (nSPS) is 14.9. The van der Waals surface area contributed by atoms with Crippen LogP contribution in [0.4, 0.5) is 11.4 Å². The van der Waals surface area contributed by atoms with Crippen LogP contribution in [0.1, 0.15) is 18.1 Å². The number of aromatic amines is 1. The quantitative estimate of drug-likeness (QED) is 0.210. The summed E-state index contributed by atoms with van der Waals surface area (Å²) in [6.45, 7) is 11.6. The molecule has 0 unspecified atom stereocenters. The van der Waals surface area contributed by atoms with E-state index >= 15 is 0 Å². The van der Waals surface area contributed by atoms with Crippen LogP contribution in [0.15, 0.2) is 78.1 Å². The molecule has 210 valence electrons. The van der Waals surface area contributed by atoms with Crippen LogP contribution in [0, 0.1) is 6.92 Å². The zero-order valence-electron chi connectivity index (χ0n) is 24.2. The van der Waals surface area contributed by atoms with Crippen molar-refractivity contribution in [1.82, 2.24) is 14.9 Å². The largest absolute Gasteiger partial charge is 0.402 e. The molecule has 0 saturated carbocycles. The molecule has 1 aliphatic rings. The Bertz CT molecular complexity index is 1650. The summed E-state index contributed by atoms with van der Waals surface area (Å²) in [4.78, 5) is 29.5. The van der Waals surface area contributed by atoms with E-state index in [0.29, 0.717) is 5.70 Å². The van der Waals surface area contributed by atoms with Crippen LogP contribution in [-0.4, -0.2) is 67.3 Å². The number of carbonyl (C=O) groups excluding carboxylic acids is 1. The monoisotopic (exact) mass is 547 g/mol. The smallest absolute Gasteiger partial charge is 0.247 e. The van der Waals surface area contributed by atoms with Crippen molar-refractivity contribution in [3.8, 4) is 22.4 Å². The molecule has 1 amide bonds. The van der Waals surface area contributed by atoms with Gasteiger partial charge in [-0.2, -0.15) is 0 Å². The first-order valence-corrected chi connectivity index (χ1v) is 13.8. The predicted molar refractivity (Wildman–Crippen MR) is 171 cm³/mol. The van der Waals surface area contributed by atoms with Gasteiger partial charge in [0.05, 0.1) is 5.69 Å². The number of rotatable bonds is 7. The fraction of sp³-hybridized carbons (Fsp3) is 0.242. The second kappa shape index (κ2) is 11.8. The van der Waals surface area contributed by atoms with Crippen molar-refractivity contribution in [2.75, 3.05) is 50.5 Å². The van der Waals surface area contributed by atoms with Gasteiger partial charge in [-0.1, -0.05) is 30.8 Å². The molecule has 8 heteroatoms. The van der Waals surface area contributed by atoms with Gasteiger partial charge >= 0.3 is 0 Å². The highest BCUT2D eigenvalue weighted by molar-refractivity contribution is 6.12. The first-order chi connectivity index (χ1) is 19.8. The number of pyridine rings is 1. The molecule has 2 aromatic heterocycles. The average molecular weight is 548 g/mol. The maximum atomic E-state index is 12.2. The fourth-order valence-corrected chi connectivity index (χ4v) is 5.27. The summed E-state index contributed by atoms with van der Waals surface area (Å²) in [7, 11) is 3.89. The summed E-state index contributed by atoms with van der Waals surface area (Å²) in [6.07, 6.45) is 4.86. The molecule has 0 spiro atoms. The molecule has 0 radical (unpaired) electrons. The molecule has 5 rings (SSSR count). The lowest BCUT2D eigenvalue weighted by molar-refractivity contribution is -0.111. The topological polar surface area (TPSA) is 103 Å². The molecule has 4 N–H and O–H groups in total. The van der Waals surface area contributed by atoms with E-state index in [1.807, 2.05) is 32.2 Å². The van der Waals surface area contributed by atoms with E-state index in [-0.39, 0.29) is 5.91 Å². The van der Waals surface area contributed by atoms with Crippen LogP contribution in [0.5, 0.6) is 0 Å². The van der Waals surface area contributed by atoms with Crippen molar-refractivity contribution in [3.05, 3.63) is 84.2 Å². The first-order valence-electron chi connectivity index (χ1n) is 13.8. The summed E-state index contributed by atoms with van der Waals surface area (Å²) < 4.78 is 0. The van der Waals surface area contributed by atoms with Crippen molar-refractivity contribution < 1.29 is 4.79 Å². The lowest BCUT2D eigenvalue weighted by Crippen LogP contribution is -2.44. The fourth-order valence-electron chi connectivity index (χ4n) is 5.27. The number of carbonyl (C=O) groups is 1. The van der Waals surface area contributed by atoms with Gasteiger partial charge in [-0.3, -0.25) is 9.79 Å². The van der Waals surface area contributed by atoms with E-state index in [9.17, 15) is 4.79 Å². The SMILES string of the molecule is C=CC(=O)Nc1cc(-c2c(-c3ccc(N4CCN(C)CC4)cc3)[nH]c3ncc(/C(C=NC)=C(\C)N)cc23)ccc1C. The zero-order chi connectivity index (χ0) is 29.1. The van der Waals surface area contributed by atoms with Gasteiger partial charge in [-0.15, -0.1) is 0 Å². The summed E-state index contributed by atoms with van der Waals surface area (Å²) in [5.41, 5.74) is 16.2. The van der Waals surface area contributed by atoms with Crippen LogP contribution in [0.25, 0.3) is 39.0 Å². The Morgan fingerprint density at radius 2 is 1.80 bits per heavy atom. The standard InChI is InChI=1S/C33H37N7O/c1-6-30(41)37-29-18-24(8-7-21(29)2)31-27-17-25(28(20-35-4)22(3)34)19-36-33(27)38-32(31)23-9-11-26(12-10-23)40-15-13-39(5)14-16-40/h6-12,17-20H,1,13-16,34H2,2-5H3,(H,36,38)(H,37,41)/b28-22+,35-20?. The minimum atomic E-state index is -0.250. The number of amides is 1. The van der Waals surface area contributed by atoms with Gasteiger partial charge in [-0.05, 0) is 67.9 Å². The molecule has 8 nitrogen and oxygen atoms in total. The number of likely N-dealkylation sites (N-methyl/N-ethyl adjacent to an activating group) is 1. The second-order valence-electron chi connectivity index (χ2n) is 10.5. The molecule has 1 aliphatic heterocycles. The number of fused-ring (bicyclic) bond motifs is 1. The van der Waals surface area contributed by atoms with Gasteiger partial charge in [0.1, 0.15) is 5.65 Å². The van der Waals surface area contributed by atoms with Crippen LogP contribution in [0.2, 0.25) is 0 Å². The minimum absolute atomic E-state index is 0.250. The third-order valence-corrected chi connectivity index (χ3v) is 7.64. The van der Waals surface area contributed by atoms with Crippen molar-refractivity contribution in [3.63, 3.8) is 0 Å². The highest BCUT2D eigenvalue weighted by Crippen LogP contribution is 2.40. The number of piperazine rings is 1. The number of aromatic nitrogens is 2. The van der Waals surface area contributed by atoms with E-state index in [2.05, 4.69) is 75.1 Å². The van der Waals surface area contributed by atoms with Crippen molar-refractivity contribution in [2.45, 2.75) is 13.8 Å².